The van der Waals surface area contributed by atoms with Crippen LogP contribution in [0.4, 0.5) is 5.69 Å². The van der Waals surface area contributed by atoms with Gasteiger partial charge in [-0.15, -0.1) is 0 Å². The number of para-hydroxylation sites is 2. The summed E-state index contributed by atoms with van der Waals surface area (Å²) < 4.78 is 1.76. The molecule has 144 valence electrons. The maximum Gasteiger partial charge on any atom is 0.326 e. The minimum Gasteiger partial charge on any atom is -0.338 e. The number of aromatic nitrogens is 2. The molecule has 1 aliphatic heterocycles. The molecule has 3 aromatic rings. The van der Waals surface area contributed by atoms with Crippen LogP contribution in [0.3, 0.4) is 0 Å². The molecule has 8 nitrogen and oxygen atoms in total. The Balaban J connectivity index is 1.51. The van der Waals surface area contributed by atoms with E-state index in [0.29, 0.717) is 25.9 Å². The molecule has 1 fully saturated rings. The number of nitrogens with zero attached hydrogens (tertiary/aromatic N) is 3. The van der Waals surface area contributed by atoms with Crippen molar-refractivity contribution in [2.45, 2.75) is 18.9 Å². The van der Waals surface area contributed by atoms with E-state index >= 15 is 0 Å². The van der Waals surface area contributed by atoms with Crippen molar-refractivity contribution in [3.63, 3.8) is 0 Å². The number of nitro benzene ring substituents is 1. The number of halogens is 1. The number of H-pyrrole nitrogens is 1. The number of nitro groups is 1. The number of non-ortho nitro benzene ring substituents is 1. The fraction of sp³-hybridized carbons (Fsp3) is 0.263. The van der Waals surface area contributed by atoms with Gasteiger partial charge >= 0.3 is 5.69 Å². The topological polar surface area (TPSA) is 101 Å². The molecule has 0 saturated carbocycles. The number of carbonyl (C=O) groups excluding carboxylic acids is 1. The number of likely N-dealkylation sites (tertiary alicyclic amines) is 1. The van der Waals surface area contributed by atoms with Crippen molar-refractivity contribution in [3.8, 4) is 0 Å². The van der Waals surface area contributed by atoms with E-state index in [2.05, 4.69) is 4.98 Å². The Labute approximate surface area is 164 Å². The van der Waals surface area contributed by atoms with Gasteiger partial charge in [-0.25, -0.2) is 4.79 Å². The second-order valence-electron chi connectivity index (χ2n) is 6.76. The molecule has 28 heavy (non-hydrogen) atoms. The number of carbonyl (C=O) groups is 1. The molecular weight excluding hydrogens is 384 g/mol. The third-order valence-corrected chi connectivity index (χ3v) is 5.45. The lowest BCUT2D eigenvalue weighted by Gasteiger charge is -2.32. The molecule has 0 aliphatic carbocycles. The third kappa shape index (κ3) is 3.16. The average Bonchev–Trinajstić information content (AvgIpc) is 3.03. The summed E-state index contributed by atoms with van der Waals surface area (Å²) in [6.07, 6.45) is 1.27. The van der Waals surface area contributed by atoms with Crippen LogP contribution in [-0.4, -0.2) is 38.4 Å². The van der Waals surface area contributed by atoms with E-state index in [1.54, 1.807) is 9.47 Å². The zero-order valence-electron chi connectivity index (χ0n) is 14.8. The minimum atomic E-state index is -0.551. The van der Waals surface area contributed by atoms with Crippen LogP contribution in [0, 0.1) is 10.1 Å². The highest BCUT2D eigenvalue weighted by Gasteiger charge is 2.28. The van der Waals surface area contributed by atoms with Crippen LogP contribution in [0.2, 0.25) is 5.02 Å². The fourth-order valence-electron chi connectivity index (χ4n) is 3.73. The van der Waals surface area contributed by atoms with Crippen molar-refractivity contribution in [1.29, 1.82) is 0 Å². The second-order valence-corrected chi connectivity index (χ2v) is 7.17. The summed E-state index contributed by atoms with van der Waals surface area (Å²) in [5.41, 5.74) is 1.60. The number of fused-ring (bicyclic) bond motifs is 1. The molecule has 0 atom stereocenters. The van der Waals surface area contributed by atoms with Gasteiger partial charge in [-0.3, -0.25) is 19.5 Å². The van der Waals surface area contributed by atoms with Crippen LogP contribution in [0.25, 0.3) is 11.0 Å². The predicted octanol–water partition coefficient (Wildman–Crippen LogP) is 3.37. The van der Waals surface area contributed by atoms with Gasteiger partial charge in [0, 0.05) is 31.3 Å². The van der Waals surface area contributed by atoms with Gasteiger partial charge in [-0.05, 0) is 31.0 Å². The van der Waals surface area contributed by atoms with Crippen LogP contribution in [0.15, 0.2) is 47.3 Å². The molecule has 1 amide bonds. The van der Waals surface area contributed by atoms with Crippen LogP contribution >= 0.6 is 11.6 Å². The first-order chi connectivity index (χ1) is 13.5. The van der Waals surface area contributed by atoms with Crippen LogP contribution in [0.1, 0.15) is 29.2 Å². The highest BCUT2D eigenvalue weighted by Crippen LogP contribution is 2.28. The molecule has 1 aliphatic rings. The Bertz CT molecular complexity index is 1130. The van der Waals surface area contributed by atoms with E-state index in [1.807, 2.05) is 24.3 Å². The predicted molar refractivity (Wildman–Crippen MR) is 105 cm³/mol. The summed E-state index contributed by atoms with van der Waals surface area (Å²) in [5.74, 6) is -0.260. The molecule has 2 heterocycles. The first-order valence-electron chi connectivity index (χ1n) is 8.88. The zero-order valence-corrected chi connectivity index (χ0v) is 15.6. The number of hydrogen-bond donors (Lipinski definition) is 1. The van der Waals surface area contributed by atoms with E-state index in [0.717, 1.165) is 11.0 Å². The van der Waals surface area contributed by atoms with Crippen molar-refractivity contribution in [2.24, 2.45) is 0 Å². The van der Waals surface area contributed by atoms with Crippen molar-refractivity contribution in [2.75, 3.05) is 13.1 Å². The quantitative estimate of drug-likeness (QED) is 0.538. The number of benzene rings is 2. The molecule has 0 unspecified atom stereocenters. The number of hydrogen-bond acceptors (Lipinski definition) is 4. The maximum absolute atomic E-state index is 12.8. The summed E-state index contributed by atoms with van der Waals surface area (Å²) >= 11 is 6.08. The molecule has 0 radical (unpaired) electrons. The van der Waals surface area contributed by atoms with E-state index in [4.69, 9.17) is 11.6 Å². The van der Waals surface area contributed by atoms with Gasteiger partial charge in [0.2, 0.25) is 0 Å². The highest BCUT2D eigenvalue weighted by molar-refractivity contribution is 6.34. The number of rotatable bonds is 3. The fourth-order valence-corrected chi connectivity index (χ4v) is 3.98. The first kappa shape index (κ1) is 18.2. The van der Waals surface area contributed by atoms with Gasteiger partial charge in [-0.2, -0.15) is 0 Å². The third-order valence-electron chi connectivity index (χ3n) is 5.13. The monoisotopic (exact) mass is 400 g/mol. The van der Waals surface area contributed by atoms with E-state index in [9.17, 15) is 19.7 Å². The Kier molecular flexibility index (Phi) is 4.64. The molecule has 0 bridgehead atoms. The Morgan fingerprint density at radius 1 is 1.18 bits per heavy atom. The van der Waals surface area contributed by atoms with E-state index < -0.39 is 4.92 Å². The molecule has 2 aromatic carbocycles. The lowest BCUT2D eigenvalue weighted by molar-refractivity contribution is -0.384. The van der Waals surface area contributed by atoms with Gasteiger partial charge in [0.15, 0.2) is 0 Å². The summed E-state index contributed by atoms with van der Waals surface area (Å²) in [6, 6.07) is 11.4. The number of amides is 1. The zero-order chi connectivity index (χ0) is 19.8. The summed E-state index contributed by atoms with van der Waals surface area (Å²) in [6.45, 7) is 0.950. The Morgan fingerprint density at radius 3 is 2.57 bits per heavy atom. The van der Waals surface area contributed by atoms with Gasteiger partial charge in [0.25, 0.3) is 11.6 Å². The van der Waals surface area contributed by atoms with Gasteiger partial charge < -0.3 is 9.88 Å². The van der Waals surface area contributed by atoms with Gasteiger partial charge in [0.05, 0.1) is 26.5 Å². The van der Waals surface area contributed by atoms with Gasteiger partial charge in [0.1, 0.15) is 0 Å². The SMILES string of the molecule is O=C(c1ccc([N+](=O)[O-])cc1Cl)N1CCC(n2c(=O)[nH]c3ccccc32)CC1. The maximum atomic E-state index is 12.8. The molecule has 4 rings (SSSR count). The Hall–Kier alpha value is -3.13. The average molecular weight is 401 g/mol. The molecule has 1 saturated heterocycles. The minimum absolute atomic E-state index is 0.0000303. The highest BCUT2D eigenvalue weighted by atomic mass is 35.5. The largest absolute Gasteiger partial charge is 0.338 e. The normalized spacial score (nSPS) is 15.1. The lowest BCUT2D eigenvalue weighted by Crippen LogP contribution is -2.40. The number of aromatic amines is 1. The van der Waals surface area contributed by atoms with Crippen molar-refractivity contribution in [1.82, 2.24) is 14.5 Å². The summed E-state index contributed by atoms with van der Waals surface area (Å²) in [4.78, 5) is 39.9. The molecule has 0 spiro atoms. The van der Waals surface area contributed by atoms with Crippen molar-refractivity contribution >= 4 is 34.2 Å². The first-order valence-corrected chi connectivity index (χ1v) is 9.26. The number of imidazole rings is 1. The number of piperidine rings is 1. The van der Waals surface area contributed by atoms with Crippen molar-refractivity contribution in [3.05, 3.63) is 73.6 Å². The van der Waals surface area contributed by atoms with Crippen LogP contribution < -0.4 is 5.69 Å². The van der Waals surface area contributed by atoms with Crippen LogP contribution in [0.5, 0.6) is 0 Å². The molecule has 9 heteroatoms. The van der Waals surface area contributed by atoms with Crippen molar-refractivity contribution < 1.29 is 9.72 Å². The number of nitrogens with one attached hydrogen (secondary N) is 1. The Morgan fingerprint density at radius 2 is 1.89 bits per heavy atom. The standard InChI is InChI=1S/C19H17ClN4O4/c20-15-11-13(24(27)28)5-6-14(15)18(25)22-9-7-12(8-10-22)23-17-4-2-1-3-16(17)21-19(23)26/h1-6,11-12H,7-10H2,(H,21,26). The van der Waals surface area contributed by atoms with E-state index in [-0.39, 0.29) is 33.9 Å². The van der Waals surface area contributed by atoms with E-state index in [1.165, 1.54) is 18.2 Å². The summed E-state index contributed by atoms with van der Waals surface area (Å²) in [7, 11) is 0. The van der Waals surface area contributed by atoms with Crippen LogP contribution in [-0.2, 0) is 0 Å². The smallest absolute Gasteiger partial charge is 0.326 e. The molecule has 1 aromatic heterocycles. The summed E-state index contributed by atoms with van der Waals surface area (Å²) in [5, 5.41) is 10.9. The lowest BCUT2D eigenvalue weighted by atomic mass is 10.0. The molecular formula is C19H17ClN4O4. The molecule has 1 N–H and O–H groups in total. The second kappa shape index (κ2) is 7.12. The van der Waals surface area contributed by atoms with Gasteiger partial charge in [-0.1, -0.05) is 23.7 Å².